The molecule has 3 aromatic rings. The standard InChI is InChI=1S/C19H20ClFN6O2/c20-6-1-3-13-16(17(22)28)18-24-15(5-8-27(18)25-13)26-7-2-4-14(26)12-9-11(21)10-23-19(12)29/h5,8-10,14H,1-4,6-7H2,(H2,22,28)(H,23,29). The van der Waals surface area contributed by atoms with Gasteiger partial charge >= 0.3 is 0 Å². The van der Waals surface area contributed by atoms with E-state index < -0.39 is 11.7 Å². The van der Waals surface area contributed by atoms with Gasteiger partial charge < -0.3 is 15.7 Å². The second-order valence-electron chi connectivity index (χ2n) is 6.95. The maximum absolute atomic E-state index is 13.7. The molecule has 0 aromatic carbocycles. The Labute approximate surface area is 171 Å². The summed E-state index contributed by atoms with van der Waals surface area (Å²) in [5.74, 6) is -0.265. The number of carbonyl (C=O) groups excluding carboxylic acids is 1. The van der Waals surface area contributed by atoms with Gasteiger partial charge in [-0.25, -0.2) is 18.9 Å². The molecule has 1 aliphatic heterocycles. The molecule has 0 spiro atoms. The molecule has 1 unspecified atom stereocenters. The highest BCUT2D eigenvalue weighted by Gasteiger charge is 2.31. The minimum atomic E-state index is -0.598. The van der Waals surface area contributed by atoms with Gasteiger partial charge in [0.1, 0.15) is 17.2 Å². The Morgan fingerprint density at radius 2 is 2.28 bits per heavy atom. The van der Waals surface area contributed by atoms with Gasteiger partial charge in [-0.2, -0.15) is 5.10 Å². The monoisotopic (exact) mass is 418 g/mol. The van der Waals surface area contributed by atoms with Gasteiger partial charge in [-0.1, -0.05) is 0 Å². The van der Waals surface area contributed by atoms with Crippen LogP contribution in [0.5, 0.6) is 5.88 Å². The minimum absolute atomic E-state index is 0.199. The van der Waals surface area contributed by atoms with Gasteiger partial charge in [-0.05, 0) is 37.8 Å². The lowest BCUT2D eigenvalue weighted by molar-refractivity contribution is 0.100. The summed E-state index contributed by atoms with van der Waals surface area (Å²) in [5.41, 5.74) is 7.22. The van der Waals surface area contributed by atoms with Gasteiger partial charge in [0.15, 0.2) is 5.65 Å². The molecule has 0 bridgehead atoms. The number of hydrogen-bond donors (Lipinski definition) is 2. The molecular formula is C19H20ClFN6O2. The molecule has 1 fully saturated rings. The van der Waals surface area contributed by atoms with Crippen LogP contribution in [0.4, 0.5) is 10.2 Å². The zero-order valence-electron chi connectivity index (χ0n) is 15.6. The summed E-state index contributed by atoms with van der Waals surface area (Å²) < 4.78 is 15.2. The van der Waals surface area contributed by atoms with Crippen LogP contribution < -0.4 is 10.6 Å². The SMILES string of the molecule is NC(=O)c1c(CCCCl)nn2ccc(N3CCCC3c3cc(F)cnc3O)nc12. The first kappa shape index (κ1) is 19.4. The Morgan fingerprint density at radius 3 is 3.03 bits per heavy atom. The van der Waals surface area contributed by atoms with Gasteiger partial charge in [-0.15, -0.1) is 11.6 Å². The van der Waals surface area contributed by atoms with E-state index >= 15 is 0 Å². The number of alkyl halides is 1. The molecule has 8 nitrogen and oxygen atoms in total. The van der Waals surface area contributed by atoms with E-state index in [0.717, 1.165) is 12.6 Å². The molecule has 1 saturated heterocycles. The molecule has 4 heterocycles. The molecule has 0 saturated carbocycles. The predicted octanol–water partition coefficient (Wildman–Crippen LogP) is 2.58. The Hall–Kier alpha value is -2.94. The number of aryl methyl sites for hydroxylation is 1. The second-order valence-corrected chi connectivity index (χ2v) is 7.33. The van der Waals surface area contributed by atoms with Crippen molar-refractivity contribution in [2.45, 2.75) is 31.7 Å². The lowest BCUT2D eigenvalue weighted by Crippen LogP contribution is -2.24. The number of halogens is 2. The fourth-order valence-electron chi connectivity index (χ4n) is 3.84. The predicted molar refractivity (Wildman–Crippen MR) is 106 cm³/mol. The topological polar surface area (TPSA) is 110 Å². The van der Waals surface area contributed by atoms with Gasteiger partial charge in [0, 0.05) is 24.2 Å². The molecule has 3 N–H and O–H groups in total. The minimum Gasteiger partial charge on any atom is -0.493 e. The highest BCUT2D eigenvalue weighted by Crippen LogP contribution is 2.38. The number of aromatic nitrogens is 4. The number of anilines is 1. The quantitative estimate of drug-likeness (QED) is 0.595. The van der Waals surface area contributed by atoms with Crippen LogP contribution >= 0.6 is 11.6 Å². The zero-order valence-corrected chi connectivity index (χ0v) is 16.3. The molecule has 152 valence electrons. The summed E-state index contributed by atoms with van der Waals surface area (Å²) in [6.07, 6.45) is 5.45. The number of hydrogen-bond acceptors (Lipinski definition) is 6. The van der Waals surface area contributed by atoms with Crippen molar-refractivity contribution in [1.29, 1.82) is 0 Å². The first-order chi connectivity index (χ1) is 14.0. The van der Waals surface area contributed by atoms with E-state index in [1.54, 1.807) is 12.3 Å². The van der Waals surface area contributed by atoms with E-state index in [4.69, 9.17) is 17.3 Å². The Morgan fingerprint density at radius 1 is 1.45 bits per heavy atom. The van der Waals surface area contributed by atoms with Crippen molar-refractivity contribution in [2.75, 3.05) is 17.3 Å². The number of fused-ring (bicyclic) bond motifs is 1. The average Bonchev–Trinajstić information content (AvgIpc) is 3.31. The number of aromatic hydroxyl groups is 1. The van der Waals surface area contributed by atoms with Gasteiger partial charge in [-0.3, -0.25) is 4.79 Å². The largest absolute Gasteiger partial charge is 0.493 e. The number of rotatable bonds is 6. The van der Waals surface area contributed by atoms with E-state index in [1.807, 2.05) is 4.90 Å². The summed E-state index contributed by atoms with van der Waals surface area (Å²) >= 11 is 5.77. The van der Waals surface area contributed by atoms with Crippen LogP contribution in [-0.4, -0.2) is 43.0 Å². The van der Waals surface area contributed by atoms with E-state index in [-0.39, 0.29) is 17.5 Å². The lowest BCUT2D eigenvalue weighted by atomic mass is 10.1. The van der Waals surface area contributed by atoms with Crippen LogP contribution in [0.2, 0.25) is 0 Å². The number of pyridine rings is 1. The maximum Gasteiger partial charge on any atom is 0.254 e. The third-order valence-electron chi connectivity index (χ3n) is 5.10. The number of nitrogens with zero attached hydrogens (tertiary/aromatic N) is 5. The smallest absolute Gasteiger partial charge is 0.254 e. The highest BCUT2D eigenvalue weighted by atomic mass is 35.5. The maximum atomic E-state index is 13.7. The first-order valence-electron chi connectivity index (χ1n) is 9.34. The summed E-state index contributed by atoms with van der Waals surface area (Å²) in [6, 6.07) is 2.80. The Kier molecular flexibility index (Phi) is 5.23. The molecule has 1 atom stereocenters. The molecule has 4 rings (SSSR count). The summed E-state index contributed by atoms with van der Waals surface area (Å²) in [4.78, 5) is 22.4. The van der Waals surface area contributed by atoms with Crippen molar-refractivity contribution in [3.8, 4) is 5.88 Å². The molecule has 1 amide bonds. The van der Waals surface area contributed by atoms with Crippen molar-refractivity contribution in [1.82, 2.24) is 19.6 Å². The van der Waals surface area contributed by atoms with E-state index in [1.165, 1.54) is 10.6 Å². The van der Waals surface area contributed by atoms with Crippen LogP contribution in [0.15, 0.2) is 24.5 Å². The second kappa shape index (κ2) is 7.82. The molecular weight excluding hydrogens is 399 g/mol. The third kappa shape index (κ3) is 3.57. The van der Waals surface area contributed by atoms with Crippen LogP contribution in [0.3, 0.4) is 0 Å². The van der Waals surface area contributed by atoms with Gasteiger partial charge in [0.2, 0.25) is 5.88 Å². The highest BCUT2D eigenvalue weighted by molar-refractivity contribution is 6.17. The van der Waals surface area contributed by atoms with Gasteiger partial charge in [0.05, 0.1) is 17.9 Å². The molecule has 29 heavy (non-hydrogen) atoms. The first-order valence-corrected chi connectivity index (χ1v) is 9.88. The van der Waals surface area contributed by atoms with Crippen LogP contribution in [0.1, 0.15) is 46.9 Å². The fourth-order valence-corrected chi connectivity index (χ4v) is 3.98. The lowest BCUT2D eigenvalue weighted by Gasteiger charge is -2.26. The molecule has 0 radical (unpaired) electrons. The Balaban J connectivity index is 1.76. The molecule has 3 aromatic heterocycles. The molecule has 1 aliphatic rings. The fraction of sp³-hybridized carbons (Fsp3) is 0.368. The number of nitrogens with two attached hydrogens (primary N) is 1. The normalized spacial score (nSPS) is 16.6. The van der Waals surface area contributed by atoms with Crippen LogP contribution in [-0.2, 0) is 6.42 Å². The van der Waals surface area contributed by atoms with Crippen molar-refractivity contribution < 1.29 is 14.3 Å². The van der Waals surface area contributed by atoms with E-state index in [9.17, 15) is 14.3 Å². The van der Waals surface area contributed by atoms with Crippen molar-refractivity contribution in [2.24, 2.45) is 5.73 Å². The van der Waals surface area contributed by atoms with Crippen LogP contribution in [0, 0.1) is 5.82 Å². The zero-order chi connectivity index (χ0) is 20.5. The number of amides is 1. The number of carbonyl (C=O) groups is 1. The molecule has 0 aliphatic carbocycles. The average molecular weight is 419 g/mol. The summed E-state index contributed by atoms with van der Waals surface area (Å²) in [7, 11) is 0. The van der Waals surface area contributed by atoms with Crippen molar-refractivity contribution in [3.63, 3.8) is 0 Å². The van der Waals surface area contributed by atoms with Crippen molar-refractivity contribution >= 4 is 29.0 Å². The summed E-state index contributed by atoms with van der Waals surface area (Å²) in [5, 5.41) is 14.5. The van der Waals surface area contributed by atoms with Crippen molar-refractivity contribution in [3.05, 3.63) is 47.2 Å². The molecule has 10 heteroatoms. The van der Waals surface area contributed by atoms with Crippen LogP contribution in [0.25, 0.3) is 5.65 Å². The van der Waals surface area contributed by atoms with E-state index in [2.05, 4.69) is 15.1 Å². The number of primary amides is 1. The third-order valence-corrected chi connectivity index (χ3v) is 5.37. The van der Waals surface area contributed by atoms with Gasteiger partial charge in [0.25, 0.3) is 5.91 Å². The Bertz CT molecular complexity index is 1070. The van der Waals surface area contributed by atoms with E-state index in [0.29, 0.717) is 54.4 Å². The summed E-state index contributed by atoms with van der Waals surface area (Å²) in [6.45, 7) is 0.670.